The van der Waals surface area contributed by atoms with E-state index in [1.54, 1.807) is 12.3 Å². The molecule has 2 rings (SSSR count). The molecule has 1 aromatic rings. The summed E-state index contributed by atoms with van der Waals surface area (Å²) in [5.74, 6) is 0.306. The molecule has 18 heavy (non-hydrogen) atoms. The molecule has 0 radical (unpaired) electrons. The second kappa shape index (κ2) is 5.69. The van der Waals surface area contributed by atoms with Crippen LogP contribution in [-0.2, 0) is 0 Å². The highest BCUT2D eigenvalue weighted by molar-refractivity contribution is 9.10. The van der Waals surface area contributed by atoms with E-state index in [0.29, 0.717) is 16.3 Å². The van der Waals surface area contributed by atoms with Crippen LogP contribution in [0.25, 0.3) is 0 Å². The Bertz CT molecular complexity index is 443. The zero-order valence-corrected chi connectivity index (χ0v) is 11.9. The Balaban J connectivity index is 2.11. The summed E-state index contributed by atoms with van der Waals surface area (Å²) in [6.45, 7) is 2.26. The number of hydrogen-bond donors (Lipinski definition) is 2. The minimum absolute atomic E-state index is 0.225. The van der Waals surface area contributed by atoms with Gasteiger partial charge in [-0.25, -0.2) is 9.78 Å². The van der Waals surface area contributed by atoms with E-state index in [2.05, 4.69) is 33.2 Å². The van der Waals surface area contributed by atoms with Gasteiger partial charge in [-0.05, 0) is 53.6 Å². The molecule has 98 valence electrons. The molecule has 0 bridgehead atoms. The largest absolute Gasteiger partial charge is 0.478 e. The molecule has 5 heteroatoms. The van der Waals surface area contributed by atoms with Crippen molar-refractivity contribution in [1.82, 2.24) is 4.98 Å². The van der Waals surface area contributed by atoms with Gasteiger partial charge in [0.1, 0.15) is 11.4 Å². The highest BCUT2D eigenvalue weighted by Crippen LogP contribution is 2.27. The van der Waals surface area contributed by atoms with Crippen molar-refractivity contribution < 1.29 is 9.90 Å². The number of carboxylic acid groups (broad SMARTS) is 1. The first-order valence-electron chi connectivity index (χ1n) is 6.21. The summed E-state index contributed by atoms with van der Waals surface area (Å²) in [5.41, 5.74) is 0.225. The minimum Gasteiger partial charge on any atom is -0.478 e. The normalized spacial score (nSPS) is 23.7. The van der Waals surface area contributed by atoms with E-state index in [1.807, 2.05) is 0 Å². The molecule has 2 N–H and O–H groups in total. The molecule has 0 amide bonds. The van der Waals surface area contributed by atoms with Crippen molar-refractivity contribution in [2.75, 3.05) is 5.32 Å². The van der Waals surface area contributed by atoms with Gasteiger partial charge in [-0.2, -0.15) is 0 Å². The number of anilines is 1. The lowest BCUT2D eigenvalue weighted by Gasteiger charge is -2.27. The van der Waals surface area contributed by atoms with Gasteiger partial charge < -0.3 is 10.4 Å². The number of aromatic nitrogens is 1. The Hall–Kier alpha value is -1.10. The quantitative estimate of drug-likeness (QED) is 0.896. The molecule has 0 aromatic carbocycles. The summed E-state index contributed by atoms with van der Waals surface area (Å²) in [5, 5.41) is 12.4. The van der Waals surface area contributed by atoms with Gasteiger partial charge in [0.15, 0.2) is 0 Å². The van der Waals surface area contributed by atoms with Crippen LogP contribution < -0.4 is 5.32 Å². The maximum Gasteiger partial charge on any atom is 0.339 e. The van der Waals surface area contributed by atoms with Gasteiger partial charge in [0.05, 0.1) is 0 Å². The molecule has 1 aliphatic carbocycles. The van der Waals surface area contributed by atoms with Gasteiger partial charge in [0.25, 0.3) is 0 Å². The number of aromatic carboxylic acids is 1. The van der Waals surface area contributed by atoms with Crippen LogP contribution in [0.4, 0.5) is 5.82 Å². The molecule has 0 spiro atoms. The van der Waals surface area contributed by atoms with Crippen molar-refractivity contribution >= 4 is 27.7 Å². The Morgan fingerprint density at radius 1 is 1.44 bits per heavy atom. The lowest BCUT2D eigenvalue weighted by molar-refractivity contribution is 0.0697. The van der Waals surface area contributed by atoms with E-state index in [9.17, 15) is 4.79 Å². The molecule has 0 unspecified atom stereocenters. The van der Waals surface area contributed by atoms with Crippen LogP contribution in [0.1, 0.15) is 43.0 Å². The predicted octanol–water partition coefficient (Wildman–Crippen LogP) is 3.53. The Labute approximate surface area is 115 Å². The third kappa shape index (κ3) is 3.22. The first-order chi connectivity index (χ1) is 8.56. The van der Waals surface area contributed by atoms with Crippen molar-refractivity contribution in [2.24, 2.45) is 5.92 Å². The van der Waals surface area contributed by atoms with Gasteiger partial charge in [-0.3, -0.25) is 0 Å². The second-order valence-corrected chi connectivity index (χ2v) is 5.87. The predicted molar refractivity (Wildman–Crippen MR) is 73.9 cm³/mol. The third-order valence-electron chi connectivity index (χ3n) is 3.44. The fraction of sp³-hybridized carbons (Fsp3) is 0.538. The highest BCUT2D eigenvalue weighted by atomic mass is 79.9. The molecule has 4 nitrogen and oxygen atoms in total. The van der Waals surface area contributed by atoms with E-state index in [0.717, 1.165) is 18.8 Å². The van der Waals surface area contributed by atoms with Crippen LogP contribution in [-0.4, -0.2) is 22.1 Å². The van der Waals surface area contributed by atoms with Crippen LogP contribution in [0, 0.1) is 5.92 Å². The zero-order valence-electron chi connectivity index (χ0n) is 10.3. The number of nitrogens with zero attached hydrogens (tertiary/aromatic N) is 1. The monoisotopic (exact) mass is 312 g/mol. The van der Waals surface area contributed by atoms with E-state index in [-0.39, 0.29) is 5.56 Å². The summed E-state index contributed by atoms with van der Waals surface area (Å²) in [6.07, 6.45) is 6.17. The molecule has 1 aliphatic rings. The summed E-state index contributed by atoms with van der Waals surface area (Å²) in [6, 6.07) is 1.93. The van der Waals surface area contributed by atoms with Crippen LogP contribution in [0.5, 0.6) is 0 Å². The first kappa shape index (κ1) is 13.3. The average Bonchev–Trinajstić information content (AvgIpc) is 2.34. The molecular weight excluding hydrogens is 296 g/mol. The maximum atomic E-state index is 11.2. The van der Waals surface area contributed by atoms with E-state index < -0.39 is 5.97 Å². The molecule has 0 atom stereocenters. The van der Waals surface area contributed by atoms with Gasteiger partial charge in [-0.15, -0.1) is 0 Å². The number of carboxylic acids is 1. The number of nitrogens with one attached hydrogen (secondary N) is 1. The second-order valence-electron chi connectivity index (χ2n) is 4.96. The fourth-order valence-electron chi connectivity index (χ4n) is 2.32. The third-order valence-corrected chi connectivity index (χ3v) is 3.88. The van der Waals surface area contributed by atoms with Crippen molar-refractivity contribution in [3.05, 3.63) is 22.3 Å². The Kier molecular flexibility index (Phi) is 4.22. The summed E-state index contributed by atoms with van der Waals surface area (Å²) < 4.78 is 0.683. The average molecular weight is 313 g/mol. The highest BCUT2D eigenvalue weighted by Gasteiger charge is 2.20. The Morgan fingerprint density at radius 3 is 2.72 bits per heavy atom. The number of hydrogen-bond acceptors (Lipinski definition) is 3. The van der Waals surface area contributed by atoms with Gasteiger partial charge in [0.2, 0.25) is 0 Å². The van der Waals surface area contributed by atoms with E-state index in [4.69, 9.17) is 5.11 Å². The topological polar surface area (TPSA) is 62.2 Å². The fourth-order valence-corrected chi connectivity index (χ4v) is 2.65. The molecule has 1 heterocycles. The molecule has 1 aromatic heterocycles. The summed E-state index contributed by atoms with van der Waals surface area (Å²) >= 11 is 3.24. The van der Waals surface area contributed by atoms with Crippen LogP contribution in [0.15, 0.2) is 16.7 Å². The van der Waals surface area contributed by atoms with Crippen molar-refractivity contribution in [3.8, 4) is 0 Å². The number of pyridine rings is 1. The summed E-state index contributed by atoms with van der Waals surface area (Å²) in [7, 11) is 0. The number of halogens is 1. The van der Waals surface area contributed by atoms with E-state index >= 15 is 0 Å². The minimum atomic E-state index is -0.949. The maximum absolute atomic E-state index is 11.2. The van der Waals surface area contributed by atoms with Gasteiger partial charge >= 0.3 is 5.97 Å². The molecular formula is C13H17BrN2O2. The summed E-state index contributed by atoms with van der Waals surface area (Å²) in [4.78, 5) is 15.3. The first-order valence-corrected chi connectivity index (χ1v) is 7.01. The van der Waals surface area contributed by atoms with Crippen LogP contribution >= 0.6 is 15.9 Å². The van der Waals surface area contributed by atoms with Crippen LogP contribution in [0.3, 0.4) is 0 Å². The van der Waals surface area contributed by atoms with Crippen LogP contribution in [0.2, 0.25) is 0 Å². The SMILES string of the molecule is CC1CCC(Nc2ncc(Br)cc2C(=O)O)CC1. The smallest absolute Gasteiger partial charge is 0.339 e. The molecule has 0 aliphatic heterocycles. The van der Waals surface area contributed by atoms with Gasteiger partial charge in [-0.1, -0.05) is 6.92 Å². The van der Waals surface area contributed by atoms with Crippen molar-refractivity contribution in [2.45, 2.75) is 38.6 Å². The number of carbonyl (C=O) groups is 1. The molecule has 0 saturated heterocycles. The zero-order chi connectivity index (χ0) is 13.1. The van der Waals surface area contributed by atoms with Crippen molar-refractivity contribution in [1.29, 1.82) is 0 Å². The lowest BCUT2D eigenvalue weighted by atomic mass is 9.87. The molecule has 1 fully saturated rings. The standard InChI is InChI=1S/C13H17BrN2O2/c1-8-2-4-10(5-3-8)16-12-11(13(17)18)6-9(14)7-15-12/h6-8,10H,2-5H2,1H3,(H,15,16)(H,17,18). The number of rotatable bonds is 3. The van der Waals surface area contributed by atoms with E-state index in [1.165, 1.54) is 12.8 Å². The Morgan fingerprint density at radius 2 is 2.11 bits per heavy atom. The van der Waals surface area contributed by atoms with Crippen molar-refractivity contribution in [3.63, 3.8) is 0 Å². The van der Waals surface area contributed by atoms with Gasteiger partial charge in [0, 0.05) is 16.7 Å². The molecule has 1 saturated carbocycles. The lowest BCUT2D eigenvalue weighted by Crippen LogP contribution is -2.26.